The minimum atomic E-state index is -0.527. The van der Waals surface area contributed by atoms with Crippen LogP contribution in [-0.2, 0) is 4.74 Å². The molecule has 0 radical (unpaired) electrons. The van der Waals surface area contributed by atoms with Gasteiger partial charge in [-0.2, -0.15) is 5.26 Å². The Hall–Kier alpha value is -2.81. The number of hydrogen-bond donors (Lipinski definition) is 1. The van der Waals surface area contributed by atoms with Crippen LogP contribution >= 0.6 is 0 Å². The Morgan fingerprint density at radius 2 is 2.12 bits per heavy atom. The number of pyridine rings is 2. The number of rotatable bonds is 4. The first-order chi connectivity index (χ1) is 12.2. The summed E-state index contributed by atoms with van der Waals surface area (Å²) < 4.78 is 6.53. The number of fused-ring (bicyclic) bond motifs is 1. The van der Waals surface area contributed by atoms with Gasteiger partial charge in [-0.15, -0.1) is 0 Å². The summed E-state index contributed by atoms with van der Waals surface area (Å²) in [6.45, 7) is 1.95. The van der Waals surface area contributed by atoms with E-state index in [1.54, 1.807) is 31.3 Å². The minimum Gasteiger partial charge on any atom is -0.462 e. The topological polar surface area (TPSA) is 83.6 Å². The Kier molecular flexibility index (Phi) is 5.03. The van der Waals surface area contributed by atoms with Gasteiger partial charge in [0.2, 0.25) is 0 Å². The molecule has 2 aromatic heterocycles. The number of ether oxygens (including phenoxy) is 1. The third-order valence-electron chi connectivity index (χ3n) is 4.59. The number of nitrogens with one attached hydrogen (secondary N) is 1. The van der Waals surface area contributed by atoms with Crippen LogP contribution < -0.4 is 10.9 Å². The average molecular weight is 339 g/mol. The molecule has 0 saturated heterocycles. The van der Waals surface area contributed by atoms with Crippen molar-refractivity contribution in [1.29, 1.82) is 5.26 Å². The van der Waals surface area contributed by atoms with Crippen molar-refractivity contribution in [2.45, 2.75) is 45.1 Å². The predicted octanol–water partition coefficient (Wildman–Crippen LogP) is 3.09. The molecule has 1 saturated carbocycles. The second-order valence-electron chi connectivity index (χ2n) is 6.20. The highest BCUT2D eigenvalue weighted by atomic mass is 16.5. The zero-order valence-electron chi connectivity index (χ0n) is 14.2. The zero-order chi connectivity index (χ0) is 17.8. The number of carbonyl (C=O) groups excluding carboxylic acids is 1. The molecule has 1 N–H and O–H groups in total. The van der Waals surface area contributed by atoms with E-state index in [0.29, 0.717) is 11.2 Å². The van der Waals surface area contributed by atoms with E-state index < -0.39 is 11.5 Å². The van der Waals surface area contributed by atoms with Crippen molar-refractivity contribution in [3.05, 3.63) is 45.9 Å². The van der Waals surface area contributed by atoms with Crippen molar-refractivity contribution in [1.82, 2.24) is 4.40 Å². The van der Waals surface area contributed by atoms with Gasteiger partial charge in [-0.3, -0.25) is 9.20 Å². The van der Waals surface area contributed by atoms with Crippen molar-refractivity contribution < 1.29 is 9.53 Å². The van der Waals surface area contributed by atoms with Crippen molar-refractivity contribution in [3.63, 3.8) is 0 Å². The summed E-state index contributed by atoms with van der Waals surface area (Å²) in [6, 6.07) is 7.28. The average Bonchev–Trinajstić information content (AvgIpc) is 2.63. The molecule has 3 rings (SSSR count). The summed E-state index contributed by atoms with van der Waals surface area (Å²) in [7, 11) is 0. The van der Waals surface area contributed by atoms with Crippen LogP contribution in [-0.4, -0.2) is 23.0 Å². The van der Waals surface area contributed by atoms with Gasteiger partial charge in [-0.25, -0.2) is 4.79 Å². The molecule has 0 aliphatic heterocycles. The molecular weight excluding hydrogens is 318 g/mol. The molecule has 6 nitrogen and oxygen atoms in total. The number of esters is 1. The van der Waals surface area contributed by atoms with Crippen molar-refractivity contribution in [3.8, 4) is 6.07 Å². The third-order valence-corrected chi connectivity index (χ3v) is 4.59. The summed E-state index contributed by atoms with van der Waals surface area (Å²) in [5.74, 6) is -0.527. The van der Waals surface area contributed by atoms with Crippen LogP contribution in [0.25, 0.3) is 5.52 Å². The fourth-order valence-corrected chi connectivity index (χ4v) is 3.41. The lowest BCUT2D eigenvalue weighted by atomic mass is 9.94. The number of hydrogen-bond acceptors (Lipinski definition) is 5. The van der Waals surface area contributed by atoms with Crippen LogP contribution in [0.2, 0.25) is 0 Å². The molecule has 1 aliphatic carbocycles. The molecule has 2 aromatic rings. The van der Waals surface area contributed by atoms with Gasteiger partial charge in [0.05, 0.1) is 17.8 Å². The quantitative estimate of drug-likeness (QED) is 0.865. The predicted molar refractivity (Wildman–Crippen MR) is 94.8 cm³/mol. The van der Waals surface area contributed by atoms with Gasteiger partial charge in [0.25, 0.3) is 5.56 Å². The SMILES string of the molecule is CCOC(=O)c1c(NC2CCCCC2)c(C#N)c(=O)n2ccccc12. The first-order valence-corrected chi connectivity index (χ1v) is 8.68. The second-order valence-corrected chi connectivity index (χ2v) is 6.20. The van der Waals surface area contributed by atoms with Gasteiger partial charge in [-0.05, 0) is 31.9 Å². The Bertz CT molecular complexity index is 889. The van der Waals surface area contributed by atoms with Crippen molar-refractivity contribution >= 4 is 17.2 Å². The van der Waals surface area contributed by atoms with E-state index in [9.17, 15) is 14.9 Å². The van der Waals surface area contributed by atoms with E-state index >= 15 is 0 Å². The van der Waals surface area contributed by atoms with E-state index in [1.165, 1.54) is 10.8 Å². The second kappa shape index (κ2) is 7.39. The van der Waals surface area contributed by atoms with Crippen LogP contribution in [0.5, 0.6) is 0 Å². The summed E-state index contributed by atoms with van der Waals surface area (Å²) >= 11 is 0. The molecule has 0 atom stereocenters. The minimum absolute atomic E-state index is 0.0441. The molecule has 6 heteroatoms. The number of aromatic nitrogens is 1. The van der Waals surface area contributed by atoms with Crippen LogP contribution in [0.4, 0.5) is 5.69 Å². The molecule has 0 spiro atoms. The Morgan fingerprint density at radius 3 is 2.80 bits per heavy atom. The highest BCUT2D eigenvalue weighted by molar-refractivity contribution is 6.04. The smallest absolute Gasteiger partial charge is 0.342 e. The maximum atomic E-state index is 12.7. The Morgan fingerprint density at radius 1 is 1.36 bits per heavy atom. The van der Waals surface area contributed by atoms with Gasteiger partial charge < -0.3 is 10.1 Å². The Labute approximate surface area is 146 Å². The third kappa shape index (κ3) is 3.22. The first-order valence-electron chi connectivity index (χ1n) is 8.68. The largest absolute Gasteiger partial charge is 0.462 e. The highest BCUT2D eigenvalue weighted by Gasteiger charge is 2.26. The van der Waals surface area contributed by atoms with E-state index in [1.807, 2.05) is 6.07 Å². The lowest BCUT2D eigenvalue weighted by molar-refractivity contribution is 0.0529. The van der Waals surface area contributed by atoms with Gasteiger partial charge in [-0.1, -0.05) is 25.3 Å². The molecule has 0 aromatic carbocycles. The standard InChI is InChI=1S/C19H21N3O3/c1-2-25-19(24)16-15-10-6-7-11-22(15)18(23)14(12-20)17(16)21-13-8-4-3-5-9-13/h6-7,10-11,13,21H,2-5,8-9H2,1H3. The summed E-state index contributed by atoms with van der Waals surface area (Å²) in [6.07, 6.45) is 6.87. The lowest BCUT2D eigenvalue weighted by Crippen LogP contribution is -2.29. The fourth-order valence-electron chi connectivity index (χ4n) is 3.41. The van der Waals surface area contributed by atoms with Gasteiger partial charge in [0.15, 0.2) is 0 Å². The zero-order valence-corrected chi connectivity index (χ0v) is 14.2. The maximum absolute atomic E-state index is 12.7. The molecule has 0 bridgehead atoms. The fraction of sp³-hybridized carbons (Fsp3) is 0.421. The molecule has 1 fully saturated rings. The van der Waals surface area contributed by atoms with E-state index in [2.05, 4.69) is 5.32 Å². The monoisotopic (exact) mass is 339 g/mol. The number of anilines is 1. The van der Waals surface area contributed by atoms with Crippen molar-refractivity contribution in [2.75, 3.05) is 11.9 Å². The molecule has 130 valence electrons. The normalized spacial score (nSPS) is 14.9. The molecule has 1 aliphatic rings. The summed E-state index contributed by atoms with van der Waals surface area (Å²) in [5.41, 5.74) is 0.540. The van der Waals surface area contributed by atoms with Crippen molar-refractivity contribution in [2.24, 2.45) is 0 Å². The van der Waals surface area contributed by atoms with Crippen LogP contribution in [0.1, 0.15) is 54.9 Å². The summed E-state index contributed by atoms with van der Waals surface area (Å²) in [4.78, 5) is 25.3. The number of carbonyl (C=O) groups is 1. The summed E-state index contributed by atoms with van der Waals surface area (Å²) in [5, 5.41) is 12.9. The van der Waals surface area contributed by atoms with Crippen LogP contribution in [0.3, 0.4) is 0 Å². The molecule has 2 heterocycles. The van der Waals surface area contributed by atoms with Crippen LogP contribution in [0.15, 0.2) is 29.2 Å². The number of nitriles is 1. The lowest BCUT2D eigenvalue weighted by Gasteiger charge is -2.25. The first kappa shape index (κ1) is 17.0. The van der Waals surface area contributed by atoms with Gasteiger partial charge in [0, 0.05) is 12.2 Å². The molecule has 0 unspecified atom stereocenters. The van der Waals surface area contributed by atoms with Crippen LogP contribution in [0, 0.1) is 11.3 Å². The van der Waals surface area contributed by atoms with E-state index in [4.69, 9.17) is 4.74 Å². The Balaban J connectivity index is 2.23. The highest BCUT2D eigenvalue weighted by Crippen LogP contribution is 2.28. The van der Waals surface area contributed by atoms with E-state index in [0.717, 1.165) is 25.7 Å². The van der Waals surface area contributed by atoms with Gasteiger partial charge >= 0.3 is 5.97 Å². The van der Waals surface area contributed by atoms with Gasteiger partial charge in [0.1, 0.15) is 17.2 Å². The maximum Gasteiger partial charge on any atom is 0.342 e. The molecular formula is C19H21N3O3. The molecule has 25 heavy (non-hydrogen) atoms. The molecule has 0 amide bonds. The van der Waals surface area contributed by atoms with E-state index in [-0.39, 0.29) is 23.8 Å². The number of nitrogens with zero attached hydrogens (tertiary/aromatic N) is 2.